The Morgan fingerprint density at radius 3 is 2.46 bits per heavy atom. The van der Waals surface area contributed by atoms with Crippen molar-refractivity contribution in [1.29, 1.82) is 0 Å². The zero-order valence-corrected chi connectivity index (χ0v) is 25.1. The summed E-state index contributed by atoms with van der Waals surface area (Å²) in [5.74, 6) is 1.09. The average Bonchev–Trinajstić information content (AvgIpc) is 3.28. The second kappa shape index (κ2) is 10.3. The zero-order valence-electron chi connectivity index (χ0n) is 24.3. The SMILES string of the molecule is COc1c(NC(=O)c2ccc(C)c(-n3cc(-c4cnc(C(C)C)n4C)nn3)c2)cc(C2(C)CC2)cc1NS(C)(=O)=O. The number of sulfonamides is 1. The Morgan fingerprint density at radius 1 is 1.15 bits per heavy atom. The Kier molecular flexibility index (Phi) is 7.14. The highest BCUT2D eigenvalue weighted by Crippen LogP contribution is 2.50. The van der Waals surface area contributed by atoms with Crippen LogP contribution in [0.25, 0.3) is 17.1 Å². The van der Waals surface area contributed by atoms with E-state index in [4.69, 9.17) is 4.74 Å². The van der Waals surface area contributed by atoms with E-state index in [1.165, 1.54) is 7.11 Å². The number of carbonyl (C=O) groups excluding carboxylic acids is 1. The summed E-state index contributed by atoms with van der Waals surface area (Å²) in [7, 11) is -0.183. The first-order valence-electron chi connectivity index (χ1n) is 13.4. The number of nitrogens with one attached hydrogen (secondary N) is 2. The lowest BCUT2D eigenvalue weighted by atomic mass is 9.96. The van der Waals surface area contributed by atoms with E-state index in [1.807, 2.05) is 36.9 Å². The van der Waals surface area contributed by atoms with Crippen molar-refractivity contribution in [3.05, 3.63) is 65.2 Å². The third kappa shape index (κ3) is 5.69. The van der Waals surface area contributed by atoms with Gasteiger partial charge in [0.25, 0.3) is 5.91 Å². The van der Waals surface area contributed by atoms with Crippen LogP contribution in [0, 0.1) is 6.92 Å². The van der Waals surface area contributed by atoms with Gasteiger partial charge >= 0.3 is 0 Å². The molecule has 5 rings (SSSR count). The van der Waals surface area contributed by atoms with Crippen LogP contribution in [0.2, 0.25) is 0 Å². The Balaban J connectivity index is 1.47. The van der Waals surface area contributed by atoms with Crippen LogP contribution in [0.5, 0.6) is 5.75 Å². The van der Waals surface area contributed by atoms with Crippen LogP contribution in [0.1, 0.15) is 66.8 Å². The molecule has 41 heavy (non-hydrogen) atoms. The van der Waals surface area contributed by atoms with Gasteiger partial charge in [-0.3, -0.25) is 9.52 Å². The first kappa shape index (κ1) is 28.3. The van der Waals surface area contributed by atoms with E-state index in [-0.39, 0.29) is 28.7 Å². The number of imidazole rings is 1. The van der Waals surface area contributed by atoms with Gasteiger partial charge in [0.1, 0.15) is 11.5 Å². The number of hydrogen-bond donors (Lipinski definition) is 2. The highest BCUT2D eigenvalue weighted by molar-refractivity contribution is 7.92. The summed E-state index contributed by atoms with van der Waals surface area (Å²) in [5, 5.41) is 11.6. The molecule has 2 heterocycles. The summed E-state index contributed by atoms with van der Waals surface area (Å²) in [5.41, 5.74) is 5.04. The highest BCUT2D eigenvalue weighted by atomic mass is 32.2. The molecular formula is C29H35N7O4S. The van der Waals surface area contributed by atoms with Gasteiger partial charge in [-0.2, -0.15) is 0 Å². The number of aromatic nitrogens is 5. The molecule has 0 saturated heterocycles. The molecule has 2 aromatic carbocycles. The van der Waals surface area contributed by atoms with E-state index in [0.29, 0.717) is 22.6 Å². The summed E-state index contributed by atoms with van der Waals surface area (Å²) < 4.78 is 35.9. The number of nitrogens with zero attached hydrogens (tertiary/aromatic N) is 5. The molecule has 0 atom stereocenters. The van der Waals surface area contributed by atoms with E-state index < -0.39 is 10.0 Å². The molecule has 2 aromatic heterocycles. The fourth-order valence-electron chi connectivity index (χ4n) is 4.93. The number of methoxy groups -OCH3 is 1. The molecule has 2 N–H and O–H groups in total. The smallest absolute Gasteiger partial charge is 0.255 e. The number of ether oxygens (including phenoxy) is 1. The topological polar surface area (TPSA) is 133 Å². The second-order valence-corrected chi connectivity index (χ2v) is 13.0. The van der Waals surface area contributed by atoms with Crippen molar-refractivity contribution in [2.75, 3.05) is 23.4 Å². The van der Waals surface area contributed by atoms with Crippen molar-refractivity contribution in [3.63, 3.8) is 0 Å². The van der Waals surface area contributed by atoms with Crippen molar-refractivity contribution in [2.24, 2.45) is 7.05 Å². The fourth-order valence-corrected chi connectivity index (χ4v) is 5.48. The molecule has 0 unspecified atom stereocenters. The monoisotopic (exact) mass is 577 g/mol. The standard InChI is InChI=1S/C29H35N7O4S/c1-17(2)27-30-15-25(35(27)5)23-16-36(34-32-23)24-12-19(9-8-18(24)3)28(37)31-21-13-20(29(4)10-11-29)14-22(26(21)40-6)33-41(7,38)39/h8-9,12-17,33H,10-11H2,1-7H3,(H,31,37). The van der Waals surface area contributed by atoms with Gasteiger partial charge < -0.3 is 14.6 Å². The number of rotatable bonds is 9. The number of hydrogen-bond acceptors (Lipinski definition) is 7. The second-order valence-electron chi connectivity index (χ2n) is 11.3. The minimum Gasteiger partial charge on any atom is -0.492 e. The van der Waals surface area contributed by atoms with Crippen LogP contribution in [0.3, 0.4) is 0 Å². The minimum atomic E-state index is -3.58. The number of anilines is 2. The summed E-state index contributed by atoms with van der Waals surface area (Å²) in [6.07, 6.45) is 6.64. The molecule has 1 fully saturated rings. The van der Waals surface area contributed by atoms with Gasteiger partial charge in [-0.05, 0) is 60.6 Å². The largest absolute Gasteiger partial charge is 0.492 e. The van der Waals surface area contributed by atoms with Crippen LogP contribution >= 0.6 is 0 Å². The van der Waals surface area contributed by atoms with Gasteiger partial charge in [0.2, 0.25) is 10.0 Å². The summed E-state index contributed by atoms with van der Waals surface area (Å²) >= 11 is 0. The molecule has 12 heteroatoms. The van der Waals surface area contributed by atoms with Gasteiger partial charge in [-0.1, -0.05) is 32.1 Å². The van der Waals surface area contributed by atoms with Gasteiger partial charge in [0, 0.05) is 18.5 Å². The van der Waals surface area contributed by atoms with Crippen molar-refractivity contribution < 1.29 is 17.9 Å². The lowest BCUT2D eigenvalue weighted by Gasteiger charge is -2.19. The molecule has 11 nitrogen and oxygen atoms in total. The first-order valence-corrected chi connectivity index (χ1v) is 15.3. The zero-order chi connectivity index (χ0) is 29.7. The summed E-state index contributed by atoms with van der Waals surface area (Å²) in [6.45, 7) is 8.22. The van der Waals surface area contributed by atoms with Crippen LogP contribution in [-0.4, -0.2) is 52.2 Å². The molecule has 1 aliphatic carbocycles. The Hall–Kier alpha value is -4.19. The van der Waals surface area contributed by atoms with E-state index >= 15 is 0 Å². The Morgan fingerprint density at radius 2 is 1.85 bits per heavy atom. The Labute approximate surface area is 240 Å². The van der Waals surface area contributed by atoms with Gasteiger partial charge in [-0.25, -0.2) is 18.1 Å². The summed E-state index contributed by atoms with van der Waals surface area (Å²) in [4.78, 5) is 18.0. The van der Waals surface area contributed by atoms with E-state index in [1.54, 1.807) is 29.1 Å². The maximum absolute atomic E-state index is 13.5. The third-order valence-corrected chi connectivity index (χ3v) is 8.14. The van der Waals surface area contributed by atoms with Crippen molar-refractivity contribution in [3.8, 4) is 22.8 Å². The molecule has 216 valence electrons. The fraction of sp³-hybridized carbons (Fsp3) is 0.379. The minimum absolute atomic E-state index is 0.0781. The van der Waals surface area contributed by atoms with E-state index in [9.17, 15) is 13.2 Å². The summed E-state index contributed by atoms with van der Waals surface area (Å²) in [6, 6.07) is 8.97. The molecule has 1 aliphatic rings. The molecule has 0 radical (unpaired) electrons. The highest BCUT2D eigenvalue weighted by Gasteiger charge is 2.40. The van der Waals surface area contributed by atoms with Crippen LogP contribution in [-0.2, 0) is 22.5 Å². The average molecular weight is 578 g/mol. The van der Waals surface area contributed by atoms with Crippen LogP contribution < -0.4 is 14.8 Å². The molecular weight excluding hydrogens is 542 g/mol. The normalized spacial score (nSPS) is 14.2. The molecule has 4 aromatic rings. The number of aryl methyl sites for hydroxylation is 1. The maximum Gasteiger partial charge on any atom is 0.255 e. The van der Waals surface area contributed by atoms with Gasteiger partial charge in [0.05, 0.1) is 48.5 Å². The lowest BCUT2D eigenvalue weighted by Crippen LogP contribution is -2.17. The van der Waals surface area contributed by atoms with Crippen LogP contribution in [0.15, 0.2) is 42.7 Å². The molecule has 0 bridgehead atoms. The van der Waals surface area contributed by atoms with E-state index in [2.05, 4.69) is 46.1 Å². The van der Waals surface area contributed by atoms with Crippen molar-refractivity contribution in [2.45, 2.75) is 51.9 Å². The van der Waals surface area contributed by atoms with Gasteiger partial charge in [0.15, 0.2) is 5.75 Å². The Bertz CT molecular complexity index is 1750. The predicted molar refractivity (Wildman–Crippen MR) is 158 cm³/mol. The van der Waals surface area contributed by atoms with Crippen molar-refractivity contribution in [1.82, 2.24) is 24.5 Å². The van der Waals surface area contributed by atoms with Gasteiger partial charge in [-0.15, -0.1) is 5.10 Å². The van der Waals surface area contributed by atoms with Crippen molar-refractivity contribution >= 4 is 27.3 Å². The maximum atomic E-state index is 13.5. The molecule has 1 amide bonds. The third-order valence-electron chi connectivity index (χ3n) is 7.55. The number of carbonyl (C=O) groups is 1. The predicted octanol–water partition coefficient (Wildman–Crippen LogP) is 4.78. The van der Waals surface area contributed by atoms with Crippen LogP contribution in [0.4, 0.5) is 11.4 Å². The quantitative estimate of drug-likeness (QED) is 0.292. The molecule has 0 spiro atoms. The number of benzene rings is 2. The first-order chi connectivity index (χ1) is 19.3. The molecule has 0 aliphatic heterocycles. The number of amides is 1. The molecule has 1 saturated carbocycles. The lowest BCUT2D eigenvalue weighted by molar-refractivity contribution is 0.102. The van der Waals surface area contributed by atoms with E-state index in [0.717, 1.165) is 41.7 Å².